The summed E-state index contributed by atoms with van der Waals surface area (Å²) in [5, 5.41) is 13.6. The van der Waals surface area contributed by atoms with Gasteiger partial charge in [0.15, 0.2) is 0 Å². The van der Waals surface area contributed by atoms with Crippen molar-refractivity contribution in [2.45, 2.75) is 19.9 Å². The summed E-state index contributed by atoms with van der Waals surface area (Å²) in [7, 11) is 0. The number of carboxylic acid groups (broad SMARTS) is 1. The fourth-order valence-corrected chi connectivity index (χ4v) is 1.97. The predicted octanol–water partition coefficient (Wildman–Crippen LogP) is 2.99. The number of benzene rings is 1. The van der Waals surface area contributed by atoms with E-state index in [9.17, 15) is 4.79 Å². The van der Waals surface area contributed by atoms with Crippen molar-refractivity contribution >= 4 is 17.6 Å². The number of aliphatic carboxylic acids is 1. The van der Waals surface area contributed by atoms with Gasteiger partial charge in [-0.15, -0.1) is 0 Å². The molecular formula is C13H13ClN2O2. The smallest absolute Gasteiger partial charge is 0.305 e. The first-order valence-corrected chi connectivity index (χ1v) is 5.96. The lowest BCUT2D eigenvalue weighted by molar-refractivity contribution is -0.137. The molecule has 2 rings (SSSR count). The van der Waals surface area contributed by atoms with Crippen LogP contribution in [-0.4, -0.2) is 20.9 Å². The molecule has 1 heterocycles. The molecule has 18 heavy (non-hydrogen) atoms. The number of carboxylic acids is 1. The second kappa shape index (κ2) is 5.23. The van der Waals surface area contributed by atoms with Gasteiger partial charge >= 0.3 is 5.97 Å². The fourth-order valence-electron chi connectivity index (χ4n) is 1.78. The summed E-state index contributed by atoms with van der Waals surface area (Å²) < 4.78 is 1.65. The van der Waals surface area contributed by atoms with Crippen LogP contribution < -0.4 is 0 Å². The van der Waals surface area contributed by atoms with Gasteiger partial charge in [-0.1, -0.05) is 23.7 Å². The Kier molecular flexibility index (Phi) is 3.67. The van der Waals surface area contributed by atoms with E-state index in [1.165, 1.54) is 0 Å². The quantitative estimate of drug-likeness (QED) is 0.924. The molecule has 0 aliphatic heterocycles. The lowest BCUT2D eigenvalue weighted by atomic mass is 10.1. The molecule has 0 fully saturated rings. The van der Waals surface area contributed by atoms with E-state index < -0.39 is 5.97 Å². The van der Waals surface area contributed by atoms with Crippen LogP contribution >= 0.6 is 11.6 Å². The summed E-state index contributed by atoms with van der Waals surface area (Å²) in [6.07, 6.45) is 1.92. The summed E-state index contributed by atoms with van der Waals surface area (Å²) >= 11 is 5.95. The topological polar surface area (TPSA) is 55.1 Å². The van der Waals surface area contributed by atoms with Crippen LogP contribution in [0.25, 0.3) is 11.1 Å². The Morgan fingerprint density at radius 3 is 2.94 bits per heavy atom. The van der Waals surface area contributed by atoms with Crippen LogP contribution in [0.15, 0.2) is 30.5 Å². The van der Waals surface area contributed by atoms with Crippen LogP contribution in [-0.2, 0) is 11.3 Å². The SMILES string of the molecule is Cc1nn(CCC(=O)O)cc1-c1cccc(Cl)c1. The average molecular weight is 265 g/mol. The molecule has 1 aromatic heterocycles. The fraction of sp³-hybridized carbons (Fsp3) is 0.231. The van der Waals surface area contributed by atoms with Crippen LogP contribution in [0.5, 0.6) is 0 Å². The Balaban J connectivity index is 2.26. The number of aryl methyl sites for hydroxylation is 2. The molecule has 0 aliphatic carbocycles. The van der Waals surface area contributed by atoms with E-state index in [4.69, 9.17) is 16.7 Å². The van der Waals surface area contributed by atoms with Gasteiger partial charge in [0, 0.05) is 16.8 Å². The molecule has 4 nitrogen and oxygen atoms in total. The molecule has 0 spiro atoms. The van der Waals surface area contributed by atoms with Gasteiger partial charge in [-0.25, -0.2) is 0 Å². The lowest BCUT2D eigenvalue weighted by Crippen LogP contribution is -2.04. The van der Waals surface area contributed by atoms with Gasteiger partial charge in [-0.05, 0) is 24.6 Å². The summed E-state index contributed by atoms with van der Waals surface area (Å²) in [6.45, 7) is 2.27. The van der Waals surface area contributed by atoms with Gasteiger partial charge in [0.25, 0.3) is 0 Å². The number of aromatic nitrogens is 2. The maximum absolute atomic E-state index is 10.5. The zero-order valence-electron chi connectivity index (χ0n) is 9.93. The molecular weight excluding hydrogens is 252 g/mol. The highest BCUT2D eigenvalue weighted by Crippen LogP contribution is 2.25. The summed E-state index contributed by atoms with van der Waals surface area (Å²) in [6, 6.07) is 7.52. The molecule has 0 radical (unpaired) electrons. The van der Waals surface area contributed by atoms with Gasteiger partial charge in [0.05, 0.1) is 18.7 Å². The van der Waals surface area contributed by atoms with Gasteiger partial charge in [-0.2, -0.15) is 5.10 Å². The minimum Gasteiger partial charge on any atom is -0.481 e. The second-order valence-electron chi connectivity index (χ2n) is 4.05. The molecule has 0 amide bonds. The Labute approximate surface area is 110 Å². The third-order valence-electron chi connectivity index (χ3n) is 2.64. The van der Waals surface area contributed by atoms with Gasteiger partial charge in [0.2, 0.25) is 0 Å². The third kappa shape index (κ3) is 2.90. The summed E-state index contributed by atoms with van der Waals surface area (Å²) in [5.74, 6) is -0.826. The van der Waals surface area contributed by atoms with Crippen LogP contribution in [0.2, 0.25) is 5.02 Å². The van der Waals surface area contributed by atoms with Gasteiger partial charge in [-0.3, -0.25) is 9.48 Å². The first kappa shape index (κ1) is 12.6. The highest BCUT2D eigenvalue weighted by Gasteiger charge is 2.08. The van der Waals surface area contributed by atoms with Crippen molar-refractivity contribution in [2.24, 2.45) is 0 Å². The molecule has 0 aliphatic rings. The summed E-state index contributed by atoms with van der Waals surface area (Å²) in [4.78, 5) is 10.5. The molecule has 0 bridgehead atoms. The summed E-state index contributed by atoms with van der Waals surface area (Å²) in [5.41, 5.74) is 2.83. The molecule has 0 saturated carbocycles. The van der Waals surface area contributed by atoms with Crippen LogP contribution in [0.1, 0.15) is 12.1 Å². The van der Waals surface area contributed by atoms with E-state index >= 15 is 0 Å². The zero-order chi connectivity index (χ0) is 13.1. The number of halogens is 1. The van der Waals surface area contributed by atoms with E-state index in [-0.39, 0.29) is 6.42 Å². The minimum atomic E-state index is -0.826. The Bertz CT molecular complexity index is 578. The van der Waals surface area contributed by atoms with E-state index in [2.05, 4.69) is 5.10 Å². The number of carbonyl (C=O) groups is 1. The van der Waals surface area contributed by atoms with Crippen molar-refractivity contribution in [3.8, 4) is 11.1 Å². The molecule has 0 saturated heterocycles. The van der Waals surface area contributed by atoms with Gasteiger partial charge < -0.3 is 5.11 Å². The highest BCUT2D eigenvalue weighted by atomic mass is 35.5. The van der Waals surface area contributed by atoms with Crippen molar-refractivity contribution in [3.63, 3.8) is 0 Å². The van der Waals surface area contributed by atoms with Crippen LogP contribution in [0.4, 0.5) is 0 Å². The van der Waals surface area contributed by atoms with Crippen molar-refractivity contribution in [3.05, 3.63) is 41.2 Å². The van der Waals surface area contributed by atoms with Gasteiger partial charge in [0.1, 0.15) is 0 Å². The van der Waals surface area contributed by atoms with Crippen molar-refractivity contribution in [1.82, 2.24) is 9.78 Å². The maximum Gasteiger partial charge on any atom is 0.305 e. The van der Waals surface area contributed by atoms with E-state index in [0.717, 1.165) is 16.8 Å². The minimum absolute atomic E-state index is 0.0656. The number of hydrogen-bond acceptors (Lipinski definition) is 2. The highest BCUT2D eigenvalue weighted by molar-refractivity contribution is 6.30. The Hall–Kier alpha value is -1.81. The van der Waals surface area contributed by atoms with Crippen molar-refractivity contribution in [2.75, 3.05) is 0 Å². The number of hydrogen-bond donors (Lipinski definition) is 1. The third-order valence-corrected chi connectivity index (χ3v) is 2.87. The molecule has 0 unspecified atom stereocenters. The molecule has 1 aromatic carbocycles. The van der Waals surface area contributed by atoms with E-state index in [1.807, 2.05) is 37.4 Å². The van der Waals surface area contributed by atoms with E-state index in [0.29, 0.717) is 11.6 Å². The first-order chi connectivity index (χ1) is 8.56. The van der Waals surface area contributed by atoms with Crippen LogP contribution in [0.3, 0.4) is 0 Å². The number of rotatable bonds is 4. The molecule has 0 atom stereocenters. The normalized spacial score (nSPS) is 10.6. The predicted molar refractivity (Wildman–Crippen MR) is 69.7 cm³/mol. The monoisotopic (exact) mass is 264 g/mol. The van der Waals surface area contributed by atoms with Crippen molar-refractivity contribution in [1.29, 1.82) is 0 Å². The van der Waals surface area contributed by atoms with E-state index in [1.54, 1.807) is 4.68 Å². The molecule has 2 aromatic rings. The second-order valence-corrected chi connectivity index (χ2v) is 4.48. The maximum atomic E-state index is 10.5. The zero-order valence-corrected chi connectivity index (χ0v) is 10.7. The molecule has 94 valence electrons. The molecule has 1 N–H and O–H groups in total. The Morgan fingerprint density at radius 1 is 1.50 bits per heavy atom. The largest absolute Gasteiger partial charge is 0.481 e. The van der Waals surface area contributed by atoms with Crippen molar-refractivity contribution < 1.29 is 9.90 Å². The average Bonchev–Trinajstić information content (AvgIpc) is 2.68. The molecule has 5 heteroatoms. The standard InChI is InChI=1S/C13H13ClN2O2/c1-9-12(10-3-2-4-11(14)7-10)8-16(15-9)6-5-13(17)18/h2-4,7-8H,5-6H2,1H3,(H,17,18). The van der Waals surface area contributed by atoms with Crippen LogP contribution in [0, 0.1) is 6.92 Å². The Morgan fingerprint density at radius 2 is 2.28 bits per heavy atom. The lowest BCUT2D eigenvalue weighted by Gasteiger charge is -1.99. The number of nitrogens with zero attached hydrogens (tertiary/aromatic N) is 2. The first-order valence-electron chi connectivity index (χ1n) is 5.58.